The van der Waals surface area contributed by atoms with E-state index in [1.165, 1.54) is 4.88 Å². The highest BCUT2D eigenvalue weighted by molar-refractivity contribution is 7.09. The summed E-state index contributed by atoms with van der Waals surface area (Å²) in [6.07, 6.45) is 0. The van der Waals surface area contributed by atoms with Crippen molar-refractivity contribution in [2.75, 3.05) is 26.7 Å². The summed E-state index contributed by atoms with van der Waals surface area (Å²) in [5.74, 6) is 0.114. The van der Waals surface area contributed by atoms with Crippen LogP contribution >= 0.6 is 11.3 Å². The van der Waals surface area contributed by atoms with E-state index in [9.17, 15) is 4.79 Å². The van der Waals surface area contributed by atoms with Gasteiger partial charge in [-0.05, 0) is 18.5 Å². The molecule has 88 valence electrons. The van der Waals surface area contributed by atoms with E-state index in [1.807, 2.05) is 24.6 Å². The minimum Gasteiger partial charge on any atom is -0.350 e. The molecule has 1 amide bonds. The summed E-state index contributed by atoms with van der Waals surface area (Å²) in [7, 11) is 2.00. The number of hydrogen-bond donors (Lipinski definition) is 2. The Morgan fingerprint density at radius 2 is 2.62 bits per heavy atom. The maximum atomic E-state index is 11.9. The second-order valence-corrected chi connectivity index (χ2v) is 5.03. The first-order valence-corrected chi connectivity index (χ1v) is 6.36. The van der Waals surface area contributed by atoms with Crippen LogP contribution in [0.1, 0.15) is 4.88 Å². The molecule has 0 spiro atoms. The lowest BCUT2D eigenvalue weighted by Crippen LogP contribution is -2.56. The highest BCUT2D eigenvalue weighted by Crippen LogP contribution is 2.08. The van der Waals surface area contributed by atoms with Crippen molar-refractivity contribution in [1.82, 2.24) is 15.5 Å². The predicted octanol–water partition coefficient (Wildman–Crippen LogP) is 0.268. The fourth-order valence-electron chi connectivity index (χ4n) is 1.80. The maximum absolute atomic E-state index is 11.9. The molecule has 4 nitrogen and oxygen atoms in total. The van der Waals surface area contributed by atoms with Gasteiger partial charge in [0.1, 0.15) is 6.04 Å². The normalized spacial score (nSPS) is 21.9. The van der Waals surface area contributed by atoms with Crippen molar-refractivity contribution in [1.29, 1.82) is 0 Å². The minimum absolute atomic E-state index is 0.0336. The van der Waals surface area contributed by atoms with Gasteiger partial charge in [-0.15, -0.1) is 11.3 Å². The summed E-state index contributed by atoms with van der Waals surface area (Å²) in [6, 6.07) is 4.00. The molecule has 1 aromatic heterocycles. The van der Waals surface area contributed by atoms with Gasteiger partial charge in [0.15, 0.2) is 0 Å². The molecule has 2 rings (SSSR count). The second kappa shape index (κ2) is 5.43. The molecule has 1 aliphatic rings. The van der Waals surface area contributed by atoms with Gasteiger partial charge in [-0.2, -0.15) is 0 Å². The van der Waals surface area contributed by atoms with Crippen LogP contribution in [0.15, 0.2) is 17.5 Å². The van der Waals surface area contributed by atoms with Gasteiger partial charge in [0.25, 0.3) is 0 Å². The molecule has 0 aliphatic carbocycles. The molecule has 1 atom stereocenters. The van der Waals surface area contributed by atoms with Crippen LogP contribution in [0, 0.1) is 0 Å². The third kappa shape index (κ3) is 2.81. The average molecular weight is 239 g/mol. The van der Waals surface area contributed by atoms with Gasteiger partial charge in [0.05, 0.1) is 6.54 Å². The van der Waals surface area contributed by atoms with Gasteiger partial charge < -0.3 is 10.6 Å². The zero-order valence-corrected chi connectivity index (χ0v) is 10.2. The number of likely N-dealkylation sites (N-methyl/N-ethyl adjacent to an activating group) is 1. The standard InChI is InChI=1S/C11H17N3OS/c1-14-5-4-12-8-10(14)11(15)13-7-9-3-2-6-16-9/h2-3,6,10,12H,4-5,7-8H2,1H3,(H,13,15). The SMILES string of the molecule is CN1CCNCC1C(=O)NCc1cccs1. The average Bonchev–Trinajstić information content (AvgIpc) is 2.79. The van der Waals surface area contributed by atoms with Crippen LogP contribution in [-0.2, 0) is 11.3 Å². The van der Waals surface area contributed by atoms with Crippen molar-refractivity contribution in [2.45, 2.75) is 12.6 Å². The van der Waals surface area contributed by atoms with E-state index in [0.717, 1.165) is 19.6 Å². The van der Waals surface area contributed by atoms with Crippen LogP contribution in [0.5, 0.6) is 0 Å². The minimum atomic E-state index is -0.0336. The number of nitrogens with one attached hydrogen (secondary N) is 2. The first-order valence-electron chi connectivity index (χ1n) is 5.48. The molecule has 0 aromatic carbocycles. The third-order valence-electron chi connectivity index (χ3n) is 2.83. The molecule has 0 bridgehead atoms. The van der Waals surface area contributed by atoms with Crippen molar-refractivity contribution in [2.24, 2.45) is 0 Å². The quantitative estimate of drug-likeness (QED) is 0.796. The molecular formula is C11H17N3OS. The van der Waals surface area contributed by atoms with E-state index in [0.29, 0.717) is 6.54 Å². The van der Waals surface area contributed by atoms with Crippen molar-refractivity contribution >= 4 is 17.2 Å². The first kappa shape index (κ1) is 11.6. The molecule has 1 unspecified atom stereocenters. The van der Waals surface area contributed by atoms with Gasteiger partial charge in [-0.25, -0.2) is 0 Å². The molecule has 1 fully saturated rings. The van der Waals surface area contributed by atoms with Crippen LogP contribution in [0.2, 0.25) is 0 Å². The molecule has 1 aromatic rings. The van der Waals surface area contributed by atoms with Crippen molar-refractivity contribution in [3.63, 3.8) is 0 Å². The highest BCUT2D eigenvalue weighted by atomic mass is 32.1. The Bertz CT molecular complexity index is 339. The number of hydrogen-bond acceptors (Lipinski definition) is 4. The summed E-state index contributed by atoms with van der Waals surface area (Å²) in [5, 5.41) is 8.24. The maximum Gasteiger partial charge on any atom is 0.238 e. The molecule has 1 saturated heterocycles. The van der Waals surface area contributed by atoms with Gasteiger partial charge in [-0.1, -0.05) is 6.07 Å². The van der Waals surface area contributed by atoms with Crippen molar-refractivity contribution in [3.8, 4) is 0 Å². The molecule has 2 heterocycles. The summed E-state index contributed by atoms with van der Waals surface area (Å²) < 4.78 is 0. The van der Waals surface area contributed by atoms with E-state index < -0.39 is 0 Å². The van der Waals surface area contributed by atoms with Crippen LogP contribution in [0.4, 0.5) is 0 Å². The van der Waals surface area contributed by atoms with Crippen molar-refractivity contribution in [3.05, 3.63) is 22.4 Å². The Kier molecular flexibility index (Phi) is 3.93. The topological polar surface area (TPSA) is 44.4 Å². The Labute approximate surface area is 99.6 Å². The number of carbonyl (C=O) groups is 1. The van der Waals surface area contributed by atoms with Crippen LogP contribution in [0.3, 0.4) is 0 Å². The molecule has 0 saturated carbocycles. The number of thiophene rings is 1. The fourth-order valence-corrected chi connectivity index (χ4v) is 2.45. The number of nitrogens with zero attached hydrogens (tertiary/aromatic N) is 1. The van der Waals surface area contributed by atoms with E-state index in [-0.39, 0.29) is 11.9 Å². The van der Waals surface area contributed by atoms with E-state index in [4.69, 9.17) is 0 Å². The van der Waals surface area contributed by atoms with E-state index >= 15 is 0 Å². The van der Waals surface area contributed by atoms with Crippen LogP contribution in [0.25, 0.3) is 0 Å². The molecular weight excluding hydrogens is 222 g/mol. The number of amides is 1. The van der Waals surface area contributed by atoms with Gasteiger partial charge in [0, 0.05) is 24.5 Å². The molecule has 0 radical (unpaired) electrons. The summed E-state index contributed by atoms with van der Waals surface area (Å²) in [4.78, 5) is 15.2. The Morgan fingerprint density at radius 1 is 1.75 bits per heavy atom. The largest absolute Gasteiger partial charge is 0.350 e. The number of rotatable bonds is 3. The Morgan fingerprint density at radius 3 is 3.31 bits per heavy atom. The van der Waals surface area contributed by atoms with E-state index in [2.05, 4.69) is 15.5 Å². The molecule has 16 heavy (non-hydrogen) atoms. The van der Waals surface area contributed by atoms with Gasteiger partial charge >= 0.3 is 0 Å². The molecule has 5 heteroatoms. The molecule has 1 aliphatic heterocycles. The highest BCUT2D eigenvalue weighted by Gasteiger charge is 2.25. The Balaban J connectivity index is 1.83. The van der Waals surface area contributed by atoms with Crippen molar-refractivity contribution < 1.29 is 4.79 Å². The third-order valence-corrected chi connectivity index (χ3v) is 3.71. The predicted molar refractivity (Wildman–Crippen MR) is 65.5 cm³/mol. The summed E-state index contributed by atoms with van der Waals surface area (Å²) >= 11 is 1.67. The number of piperazine rings is 1. The monoisotopic (exact) mass is 239 g/mol. The summed E-state index contributed by atoms with van der Waals surface area (Å²) in [6.45, 7) is 3.27. The van der Waals surface area contributed by atoms with Crippen LogP contribution in [-0.4, -0.2) is 43.5 Å². The van der Waals surface area contributed by atoms with E-state index in [1.54, 1.807) is 11.3 Å². The Hall–Kier alpha value is -0.910. The first-order chi connectivity index (χ1) is 7.77. The second-order valence-electron chi connectivity index (χ2n) is 4.00. The lowest BCUT2D eigenvalue weighted by molar-refractivity contribution is -0.126. The molecule has 2 N–H and O–H groups in total. The lowest BCUT2D eigenvalue weighted by atomic mass is 10.2. The lowest BCUT2D eigenvalue weighted by Gasteiger charge is -2.31. The summed E-state index contributed by atoms with van der Waals surface area (Å²) in [5.41, 5.74) is 0. The van der Waals surface area contributed by atoms with Gasteiger partial charge in [0.2, 0.25) is 5.91 Å². The number of carbonyl (C=O) groups excluding carboxylic acids is 1. The smallest absolute Gasteiger partial charge is 0.238 e. The fraction of sp³-hybridized carbons (Fsp3) is 0.545. The zero-order chi connectivity index (χ0) is 11.4. The van der Waals surface area contributed by atoms with Gasteiger partial charge in [-0.3, -0.25) is 9.69 Å². The van der Waals surface area contributed by atoms with Crippen LogP contribution < -0.4 is 10.6 Å². The zero-order valence-electron chi connectivity index (χ0n) is 9.40.